The number of amides is 2. The van der Waals surface area contributed by atoms with E-state index in [2.05, 4.69) is 0 Å². The number of benzene rings is 2. The van der Waals surface area contributed by atoms with Crippen molar-refractivity contribution in [2.45, 2.75) is 11.8 Å². The largest absolute Gasteiger partial charge is 0.494 e. The Morgan fingerprint density at radius 3 is 2.58 bits per heavy atom. The van der Waals surface area contributed by atoms with E-state index in [9.17, 15) is 18.0 Å². The topological polar surface area (TPSA) is 107 Å². The third kappa shape index (κ3) is 3.38. The molecule has 1 aromatic heterocycles. The molecule has 0 bridgehead atoms. The van der Waals surface area contributed by atoms with Crippen molar-refractivity contribution in [3.63, 3.8) is 0 Å². The second-order valence-corrected chi connectivity index (χ2v) is 9.49. The SMILES string of the molecule is CCOc1ccccc1[C]1C(=O)N(S(=O)(=O)c2ccsc2)c2ccc(Cl)c(C(N)=O)c21. The van der Waals surface area contributed by atoms with E-state index >= 15 is 0 Å². The van der Waals surface area contributed by atoms with Crippen molar-refractivity contribution in [2.75, 3.05) is 10.9 Å². The van der Waals surface area contributed by atoms with Gasteiger partial charge in [-0.3, -0.25) is 9.59 Å². The Kier molecular flexibility index (Phi) is 5.50. The van der Waals surface area contributed by atoms with Gasteiger partial charge in [0, 0.05) is 16.5 Å². The highest BCUT2D eigenvalue weighted by Gasteiger charge is 2.49. The van der Waals surface area contributed by atoms with Crippen LogP contribution in [0.15, 0.2) is 58.1 Å². The molecular formula is C21H16ClN2O5S2. The molecule has 0 saturated carbocycles. The predicted molar refractivity (Wildman–Crippen MR) is 118 cm³/mol. The van der Waals surface area contributed by atoms with E-state index in [4.69, 9.17) is 22.1 Å². The van der Waals surface area contributed by atoms with Crippen molar-refractivity contribution >= 4 is 50.5 Å². The van der Waals surface area contributed by atoms with Gasteiger partial charge in [0.05, 0.1) is 27.8 Å². The highest BCUT2D eigenvalue weighted by Crippen LogP contribution is 2.48. The molecule has 2 amide bonds. The number of hydrogen-bond acceptors (Lipinski definition) is 6. The minimum Gasteiger partial charge on any atom is -0.494 e. The van der Waals surface area contributed by atoms with Crippen molar-refractivity contribution in [2.24, 2.45) is 5.73 Å². The van der Waals surface area contributed by atoms with Gasteiger partial charge in [-0.1, -0.05) is 29.8 Å². The monoisotopic (exact) mass is 475 g/mol. The average Bonchev–Trinajstić information content (AvgIpc) is 3.35. The zero-order valence-corrected chi connectivity index (χ0v) is 18.6. The standard InChI is InChI=1S/C21H16ClN2O5S2/c1-2-29-16-6-4-3-5-13(16)17-19-15(8-7-14(22)18(19)20(23)25)24(21(17)26)31(27,28)12-9-10-30-11-12/h3-11H,2H2,1H3,(H2,23,25). The van der Waals surface area contributed by atoms with Gasteiger partial charge >= 0.3 is 0 Å². The van der Waals surface area contributed by atoms with Crippen LogP contribution in [0.4, 0.5) is 5.69 Å². The molecule has 1 aliphatic heterocycles. The van der Waals surface area contributed by atoms with Crippen LogP contribution in [0, 0.1) is 5.92 Å². The first-order valence-corrected chi connectivity index (χ1v) is 11.9. The molecule has 10 heteroatoms. The summed E-state index contributed by atoms with van der Waals surface area (Å²) in [6, 6.07) is 10.8. The van der Waals surface area contributed by atoms with E-state index < -0.39 is 21.8 Å². The van der Waals surface area contributed by atoms with Crippen molar-refractivity contribution < 1.29 is 22.7 Å². The third-order valence-electron chi connectivity index (χ3n) is 4.74. The van der Waals surface area contributed by atoms with Gasteiger partial charge in [-0.05, 0) is 36.6 Å². The number of carbonyl (C=O) groups is 2. The number of anilines is 1. The first-order valence-electron chi connectivity index (χ1n) is 9.12. The van der Waals surface area contributed by atoms with Gasteiger partial charge in [-0.25, -0.2) is 12.7 Å². The Bertz CT molecular complexity index is 1290. The molecule has 0 unspecified atom stereocenters. The van der Waals surface area contributed by atoms with E-state index in [1.54, 1.807) is 36.6 Å². The summed E-state index contributed by atoms with van der Waals surface area (Å²) in [5, 5.41) is 3.04. The predicted octanol–water partition coefficient (Wildman–Crippen LogP) is 3.61. The van der Waals surface area contributed by atoms with Crippen LogP contribution in [0.1, 0.15) is 28.4 Å². The van der Waals surface area contributed by atoms with Crippen LogP contribution < -0.4 is 14.8 Å². The number of nitrogens with zero attached hydrogens (tertiary/aromatic N) is 1. The fourth-order valence-electron chi connectivity index (χ4n) is 3.49. The zero-order valence-electron chi connectivity index (χ0n) is 16.2. The summed E-state index contributed by atoms with van der Waals surface area (Å²) in [7, 11) is -4.24. The normalized spacial score (nSPS) is 14.0. The van der Waals surface area contributed by atoms with Crippen LogP contribution in [0.25, 0.3) is 0 Å². The number of halogens is 1. The maximum atomic E-state index is 13.6. The van der Waals surface area contributed by atoms with Crippen LogP contribution in [-0.4, -0.2) is 26.8 Å². The number of thiophene rings is 1. The minimum absolute atomic E-state index is 0.00991. The molecular weight excluding hydrogens is 460 g/mol. The lowest BCUT2D eigenvalue weighted by atomic mass is 9.88. The molecule has 159 valence electrons. The molecule has 2 N–H and O–H groups in total. The number of sulfonamides is 1. The summed E-state index contributed by atoms with van der Waals surface area (Å²) >= 11 is 7.43. The van der Waals surface area contributed by atoms with Gasteiger partial charge in [-0.15, -0.1) is 0 Å². The highest BCUT2D eigenvalue weighted by atomic mass is 35.5. The van der Waals surface area contributed by atoms with Crippen LogP contribution in [-0.2, 0) is 14.8 Å². The number of carbonyl (C=O) groups excluding carboxylic acids is 2. The summed E-state index contributed by atoms with van der Waals surface area (Å²) < 4.78 is 33.0. The molecule has 2 heterocycles. The fraction of sp³-hybridized carbons (Fsp3) is 0.0952. The van der Waals surface area contributed by atoms with Crippen LogP contribution in [0.5, 0.6) is 5.75 Å². The highest BCUT2D eigenvalue weighted by molar-refractivity contribution is 7.93. The Hall–Kier alpha value is -2.88. The van der Waals surface area contributed by atoms with E-state index in [1.807, 2.05) is 0 Å². The van der Waals surface area contributed by atoms with E-state index in [0.717, 1.165) is 0 Å². The van der Waals surface area contributed by atoms with Crippen molar-refractivity contribution in [1.82, 2.24) is 0 Å². The van der Waals surface area contributed by atoms with Gasteiger partial charge in [0.25, 0.3) is 21.8 Å². The van der Waals surface area contributed by atoms with E-state index in [-0.39, 0.29) is 32.7 Å². The number of primary amides is 1. The third-order valence-corrected chi connectivity index (χ3v) is 7.58. The summed E-state index contributed by atoms with van der Waals surface area (Å²) in [5.74, 6) is -1.35. The molecule has 1 radical (unpaired) electrons. The minimum atomic E-state index is -4.24. The lowest BCUT2D eigenvalue weighted by Gasteiger charge is -2.18. The molecule has 0 aliphatic carbocycles. The lowest BCUT2D eigenvalue weighted by molar-refractivity contribution is -0.114. The molecule has 0 atom stereocenters. The average molecular weight is 476 g/mol. The van der Waals surface area contributed by atoms with Gasteiger partial charge < -0.3 is 10.5 Å². The van der Waals surface area contributed by atoms with E-state index in [1.165, 1.54) is 34.9 Å². The lowest BCUT2D eigenvalue weighted by Crippen LogP contribution is -2.35. The second kappa shape index (κ2) is 7.99. The van der Waals surface area contributed by atoms with Crippen LogP contribution in [0.2, 0.25) is 5.02 Å². The quantitative estimate of drug-likeness (QED) is 0.586. The Morgan fingerprint density at radius 2 is 1.94 bits per heavy atom. The summed E-state index contributed by atoms with van der Waals surface area (Å²) in [4.78, 5) is 25.9. The second-order valence-electron chi connectivity index (χ2n) is 6.52. The number of nitrogens with two attached hydrogens (primary N) is 1. The maximum absolute atomic E-state index is 13.6. The van der Waals surface area contributed by atoms with Gasteiger partial charge in [0.15, 0.2) is 0 Å². The van der Waals surface area contributed by atoms with Crippen LogP contribution >= 0.6 is 22.9 Å². The van der Waals surface area contributed by atoms with Crippen molar-refractivity contribution in [3.8, 4) is 5.75 Å². The van der Waals surface area contributed by atoms with Crippen molar-refractivity contribution in [1.29, 1.82) is 0 Å². The number of hydrogen-bond donors (Lipinski definition) is 1. The number of ether oxygens (including phenoxy) is 1. The maximum Gasteiger partial charge on any atom is 0.271 e. The summed E-state index contributed by atoms with van der Waals surface area (Å²) in [6.45, 7) is 2.10. The smallest absolute Gasteiger partial charge is 0.271 e. The van der Waals surface area contributed by atoms with Gasteiger partial charge in [0.2, 0.25) is 0 Å². The Morgan fingerprint density at radius 1 is 1.19 bits per heavy atom. The molecule has 31 heavy (non-hydrogen) atoms. The molecule has 0 spiro atoms. The van der Waals surface area contributed by atoms with Crippen molar-refractivity contribution in [3.05, 3.63) is 80.9 Å². The summed E-state index contributed by atoms with van der Waals surface area (Å²) in [6.07, 6.45) is 0. The zero-order chi connectivity index (χ0) is 22.3. The fourth-order valence-corrected chi connectivity index (χ4v) is 6.17. The molecule has 4 rings (SSSR count). The van der Waals surface area contributed by atoms with Gasteiger partial charge in [-0.2, -0.15) is 11.3 Å². The molecule has 0 fully saturated rings. The first-order chi connectivity index (χ1) is 14.8. The molecule has 2 aromatic carbocycles. The Balaban J connectivity index is 2.03. The van der Waals surface area contributed by atoms with Gasteiger partial charge in [0.1, 0.15) is 11.7 Å². The van der Waals surface area contributed by atoms with Crippen LogP contribution in [0.3, 0.4) is 0 Å². The summed E-state index contributed by atoms with van der Waals surface area (Å²) in [5.41, 5.74) is 5.86. The molecule has 0 saturated heterocycles. The number of para-hydroxylation sites is 1. The molecule has 7 nitrogen and oxygen atoms in total. The number of fused-ring (bicyclic) bond motifs is 1. The first kappa shape index (κ1) is 21.4. The van der Waals surface area contributed by atoms with E-state index in [0.29, 0.717) is 22.2 Å². The number of rotatable bonds is 6. The molecule has 1 aliphatic rings. The molecule has 3 aromatic rings. The Labute approximate surface area is 188 Å².